The molecule has 0 radical (unpaired) electrons. The number of anilines is 1. The summed E-state index contributed by atoms with van der Waals surface area (Å²) in [6.07, 6.45) is 0. The summed E-state index contributed by atoms with van der Waals surface area (Å²) in [6.45, 7) is 0. The van der Waals surface area contributed by atoms with Gasteiger partial charge < -0.3 is 15.8 Å². The molecule has 0 aliphatic rings. The van der Waals surface area contributed by atoms with Gasteiger partial charge in [0.05, 0.1) is 0 Å². The Balaban J connectivity index is 2.74. The first-order valence-corrected chi connectivity index (χ1v) is 5.59. The summed E-state index contributed by atoms with van der Waals surface area (Å²) in [6, 6.07) is 3.44. The number of rotatable bonds is 1. The Labute approximate surface area is 93.4 Å². The second-order valence-corrected chi connectivity index (χ2v) is 4.70. The van der Waals surface area contributed by atoms with Gasteiger partial charge in [-0.3, -0.25) is 0 Å². The van der Waals surface area contributed by atoms with Crippen LogP contribution in [0, 0.1) is 0 Å². The normalized spacial score (nSPS) is 10.8. The highest BCUT2D eigenvalue weighted by Crippen LogP contribution is 2.30. The fraction of sp³-hybridized carbons (Fsp3) is 0. The highest BCUT2D eigenvalue weighted by atomic mass is 79.9. The minimum atomic E-state index is -1.52. The Morgan fingerprint density at radius 2 is 2.07 bits per heavy atom. The molecule has 0 aliphatic carbocycles. The zero-order chi connectivity index (χ0) is 10.3. The van der Waals surface area contributed by atoms with Gasteiger partial charge in [0.15, 0.2) is 0 Å². The highest BCUT2D eigenvalue weighted by Gasteiger charge is 2.16. The van der Waals surface area contributed by atoms with Crippen molar-refractivity contribution < 1.29 is 10.0 Å². The van der Waals surface area contributed by atoms with E-state index in [-0.39, 0.29) is 0 Å². The molecule has 72 valence electrons. The Bertz CT molecular complexity index is 485. The molecule has 1 aromatic carbocycles. The van der Waals surface area contributed by atoms with Crippen molar-refractivity contribution in [1.82, 2.24) is 0 Å². The van der Waals surface area contributed by atoms with Gasteiger partial charge in [0.1, 0.15) is 0 Å². The summed E-state index contributed by atoms with van der Waals surface area (Å²) in [4.78, 5) is 0. The molecule has 2 rings (SSSR count). The third-order valence-corrected chi connectivity index (χ3v) is 3.91. The first-order valence-electron chi connectivity index (χ1n) is 3.92. The number of benzene rings is 1. The van der Waals surface area contributed by atoms with Crippen molar-refractivity contribution in [3.05, 3.63) is 22.0 Å². The molecule has 3 nitrogen and oxygen atoms in total. The molecule has 2 aromatic rings. The predicted octanol–water partition coefficient (Wildman–Crippen LogP) is 0.926. The first-order chi connectivity index (χ1) is 6.59. The van der Waals surface area contributed by atoms with Gasteiger partial charge in [-0.1, -0.05) is 6.07 Å². The largest absolute Gasteiger partial charge is 0.490 e. The van der Waals surface area contributed by atoms with Crippen LogP contribution in [-0.2, 0) is 0 Å². The monoisotopic (exact) mass is 271 g/mol. The van der Waals surface area contributed by atoms with Crippen molar-refractivity contribution in [3.8, 4) is 0 Å². The van der Waals surface area contributed by atoms with E-state index in [2.05, 4.69) is 15.9 Å². The number of thiophene rings is 1. The topological polar surface area (TPSA) is 66.5 Å². The first kappa shape index (κ1) is 9.98. The van der Waals surface area contributed by atoms with Crippen LogP contribution in [0.15, 0.2) is 22.0 Å². The maximum absolute atomic E-state index is 9.06. The van der Waals surface area contributed by atoms with E-state index in [1.807, 2.05) is 5.38 Å². The van der Waals surface area contributed by atoms with Gasteiger partial charge in [0.25, 0.3) is 0 Å². The van der Waals surface area contributed by atoms with E-state index < -0.39 is 7.12 Å². The van der Waals surface area contributed by atoms with Gasteiger partial charge in [-0.15, -0.1) is 11.3 Å². The Morgan fingerprint density at radius 3 is 2.71 bits per heavy atom. The predicted molar refractivity (Wildman–Crippen MR) is 63.8 cm³/mol. The third kappa shape index (κ3) is 1.54. The summed E-state index contributed by atoms with van der Waals surface area (Å²) in [5.74, 6) is 0. The lowest BCUT2D eigenvalue weighted by atomic mass is 9.78. The quantitative estimate of drug-likeness (QED) is 0.534. The molecule has 0 saturated heterocycles. The second kappa shape index (κ2) is 3.54. The molecule has 0 bridgehead atoms. The van der Waals surface area contributed by atoms with Crippen LogP contribution >= 0.6 is 27.3 Å². The number of halogens is 1. The molecular formula is C8H7BBrNO2S. The van der Waals surface area contributed by atoms with Gasteiger partial charge in [-0.25, -0.2) is 0 Å². The molecule has 0 atom stereocenters. The minimum Gasteiger partial charge on any atom is -0.423 e. The van der Waals surface area contributed by atoms with E-state index in [9.17, 15) is 0 Å². The van der Waals surface area contributed by atoms with Crippen LogP contribution in [0.5, 0.6) is 0 Å². The second-order valence-electron chi connectivity index (χ2n) is 2.93. The fourth-order valence-corrected chi connectivity index (χ4v) is 2.89. The number of hydrogen-bond acceptors (Lipinski definition) is 4. The van der Waals surface area contributed by atoms with Crippen molar-refractivity contribution in [2.45, 2.75) is 0 Å². The van der Waals surface area contributed by atoms with Gasteiger partial charge in [0.2, 0.25) is 0 Å². The van der Waals surface area contributed by atoms with Crippen LogP contribution in [0.1, 0.15) is 0 Å². The molecule has 0 aliphatic heterocycles. The van der Waals surface area contributed by atoms with E-state index in [0.717, 1.165) is 14.6 Å². The number of fused-ring (bicyclic) bond motifs is 1. The van der Waals surface area contributed by atoms with E-state index in [1.165, 1.54) is 0 Å². The average Bonchev–Trinajstić information content (AvgIpc) is 2.46. The Morgan fingerprint density at radius 1 is 1.36 bits per heavy atom. The van der Waals surface area contributed by atoms with Gasteiger partial charge in [-0.05, 0) is 22.0 Å². The lowest BCUT2D eigenvalue weighted by Crippen LogP contribution is -2.32. The summed E-state index contributed by atoms with van der Waals surface area (Å²) < 4.78 is 1.97. The SMILES string of the molecule is Nc1cc2scc(Br)c2cc1B(O)O. The molecule has 0 spiro atoms. The van der Waals surface area contributed by atoms with Crippen molar-refractivity contribution in [2.24, 2.45) is 0 Å². The molecule has 0 amide bonds. The lowest BCUT2D eigenvalue weighted by Gasteiger charge is -2.04. The van der Waals surface area contributed by atoms with Gasteiger partial charge >= 0.3 is 7.12 Å². The summed E-state index contributed by atoms with van der Waals surface area (Å²) in [5.41, 5.74) is 6.42. The van der Waals surface area contributed by atoms with E-state index in [1.54, 1.807) is 23.5 Å². The van der Waals surface area contributed by atoms with Gasteiger partial charge in [-0.2, -0.15) is 0 Å². The van der Waals surface area contributed by atoms with Gasteiger partial charge in [0, 0.05) is 31.1 Å². The Kier molecular flexibility index (Phi) is 2.53. The van der Waals surface area contributed by atoms with Crippen molar-refractivity contribution in [3.63, 3.8) is 0 Å². The Hall–Kier alpha value is -0.555. The van der Waals surface area contributed by atoms with E-state index >= 15 is 0 Å². The molecule has 0 saturated carbocycles. The molecule has 6 heteroatoms. The fourth-order valence-electron chi connectivity index (χ4n) is 1.30. The van der Waals surface area contributed by atoms with Crippen LogP contribution < -0.4 is 11.2 Å². The number of hydrogen-bond donors (Lipinski definition) is 3. The maximum Gasteiger partial charge on any atom is 0.490 e. The molecule has 1 aromatic heterocycles. The van der Waals surface area contributed by atoms with E-state index in [0.29, 0.717) is 11.2 Å². The molecule has 0 fully saturated rings. The van der Waals surface area contributed by atoms with Crippen LogP contribution in [0.4, 0.5) is 5.69 Å². The van der Waals surface area contributed by atoms with Crippen LogP contribution in [0.2, 0.25) is 0 Å². The van der Waals surface area contributed by atoms with Crippen molar-refractivity contribution in [1.29, 1.82) is 0 Å². The lowest BCUT2D eigenvalue weighted by molar-refractivity contribution is 0.426. The van der Waals surface area contributed by atoms with Crippen molar-refractivity contribution >= 4 is 55.6 Å². The summed E-state index contributed by atoms with van der Waals surface area (Å²) >= 11 is 4.94. The smallest absolute Gasteiger partial charge is 0.423 e. The molecule has 4 N–H and O–H groups in total. The van der Waals surface area contributed by atoms with Crippen molar-refractivity contribution in [2.75, 3.05) is 5.73 Å². The molecular weight excluding hydrogens is 265 g/mol. The summed E-state index contributed by atoms with van der Waals surface area (Å²) in [5, 5.41) is 21.0. The van der Waals surface area contributed by atoms with Crippen LogP contribution in [0.25, 0.3) is 10.1 Å². The van der Waals surface area contributed by atoms with Crippen LogP contribution in [-0.4, -0.2) is 17.2 Å². The van der Waals surface area contributed by atoms with E-state index in [4.69, 9.17) is 15.8 Å². The third-order valence-electron chi connectivity index (χ3n) is 2.01. The summed E-state index contributed by atoms with van der Waals surface area (Å²) in [7, 11) is -1.52. The zero-order valence-electron chi connectivity index (χ0n) is 7.07. The molecule has 1 heterocycles. The standard InChI is InChI=1S/C8H7BBrNO2S/c10-6-3-14-8-2-7(11)5(9(12)13)1-4(6)8/h1-3,12-13H,11H2. The minimum absolute atomic E-state index is 0.344. The average molecular weight is 272 g/mol. The molecule has 14 heavy (non-hydrogen) atoms. The maximum atomic E-state index is 9.06. The number of nitrogens with two attached hydrogens (primary N) is 1. The highest BCUT2D eigenvalue weighted by molar-refractivity contribution is 9.10. The molecule has 0 unspecified atom stereocenters. The van der Waals surface area contributed by atoms with Crippen LogP contribution in [0.3, 0.4) is 0 Å². The zero-order valence-corrected chi connectivity index (χ0v) is 9.47. The number of nitrogen functional groups attached to an aromatic ring is 1.